The number of aliphatic hydroxyl groups excluding tert-OH is 1. The Labute approximate surface area is 133 Å². The molecule has 1 aromatic rings. The number of unbranched alkanes of at least 4 members (excludes halogenated alkanes) is 2. The number of hydrogen-bond acceptors (Lipinski definition) is 2. The van der Waals surface area contributed by atoms with Crippen LogP contribution < -0.4 is 0 Å². The van der Waals surface area contributed by atoms with Gasteiger partial charge in [0.25, 0.3) is 0 Å². The normalized spacial score (nSPS) is 13.0. The molecule has 0 saturated carbocycles. The third-order valence-corrected chi connectivity index (χ3v) is 3.49. The quantitative estimate of drug-likeness (QED) is 0.502. The highest BCUT2D eigenvalue weighted by molar-refractivity contribution is 5.66. The van der Waals surface area contributed by atoms with Crippen LogP contribution in [0.25, 0.3) is 6.08 Å². The van der Waals surface area contributed by atoms with Crippen LogP contribution in [0.5, 0.6) is 0 Å². The van der Waals surface area contributed by atoms with E-state index >= 15 is 0 Å². The lowest BCUT2D eigenvalue weighted by Crippen LogP contribution is -1.98. The lowest BCUT2D eigenvalue weighted by Gasteiger charge is -2.04. The van der Waals surface area contributed by atoms with Crippen molar-refractivity contribution < 1.29 is 15.0 Å². The fourth-order valence-corrected chi connectivity index (χ4v) is 2.10. The smallest absolute Gasteiger partial charge is 0.303 e. The molecule has 2 N–H and O–H groups in total. The first kappa shape index (κ1) is 18.2. The van der Waals surface area contributed by atoms with Crippen LogP contribution in [0.15, 0.2) is 42.5 Å². The standard InChI is InChI=1S/C19H26O3/c1-2-18(20)15-14-17-12-9-8-11-16(17)10-6-4-3-5-7-13-19(21)22/h4,6,8-9,11-12,14-15,18,20H,2-3,5,7,10,13H2,1H3,(H,21,22)/b6-4+,15-14+/t18-/m1/s1. The van der Waals surface area contributed by atoms with E-state index in [4.69, 9.17) is 5.11 Å². The molecule has 0 fully saturated rings. The first-order chi connectivity index (χ1) is 10.6. The molecule has 22 heavy (non-hydrogen) atoms. The summed E-state index contributed by atoms with van der Waals surface area (Å²) in [5.74, 6) is -0.723. The van der Waals surface area contributed by atoms with E-state index in [2.05, 4.69) is 24.3 Å². The molecular weight excluding hydrogens is 276 g/mol. The van der Waals surface area contributed by atoms with Crippen molar-refractivity contribution in [2.45, 2.75) is 51.6 Å². The van der Waals surface area contributed by atoms with E-state index in [1.165, 1.54) is 5.56 Å². The SMILES string of the molecule is CC[C@@H](O)/C=C/c1ccccc1C/C=C/CCCCC(=O)O. The molecule has 0 saturated heterocycles. The van der Waals surface area contributed by atoms with Gasteiger partial charge in [-0.05, 0) is 43.2 Å². The van der Waals surface area contributed by atoms with Gasteiger partial charge in [-0.3, -0.25) is 4.79 Å². The molecule has 0 spiro atoms. The second kappa shape index (κ2) is 10.8. The van der Waals surface area contributed by atoms with Crippen molar-refractivity contribution in [1.29, 1.82) is 0 Å². The Morgan fingerprint density at radius 2 is 2.00 bits per heavy atom. The lowest BCUT2D eigenvalue weighted by molar-refractivity contribution is -0.137. The Morgan fingerprint density at radius 3 is 2.73 bits per heavy atom. The molecule has 0 bridgehead atoms. The Kier molecular flexibility index (Phi) is 8.92. The summed E-state index contributed by atoms with van der Waals surface area (Å²) in [4.78, 5) is 10.4. The number of allylic oxidation sites excluding steroid dienone is 2. The van der Waals surface area contributed by atoms with Crippen molar-refractivity contribution in [3.63, 3.8) is 0 Å². The predicted octanol–water partition coefficient (Wildman–Crippen LogP) is 4.21. The largest absolute Gasteiger partial charge is 0.481 e. The molecule has 0 aliphatic rings. The van der Waals surface area contributed by atoms with E-state index in [-0.39, 0.29) is 6.42 Å². The molecule has 0 unspecified atom stereocenters. The summed E-state index contributed by atoms with van der Waals surface area (Å²) >= 11 is 0. The molecule has 3 heteroatoms. The fourth-order valence-electron chi connectivity index (χ4n) is 2.10. The van der Waals surface area contributed by atoms with Gasteiger partial charge >= 0.3 is 5.97 Å². The molecule has 0 aliphatic heterocycles. The van der Waals surface area contributed by atoms with Crippen LogP contribution in [0.4, 0.5) is 0 Å². The van der Waals surface area contributed by atoms with Crippen LogP contribution in [-0.4, -0.2) is 22.3 Å². The molecular formula is C19H26O3. The molecule has 1 aromatic carbocycles. The first-order valence-electron chi connectivity index (χ1n) is 7.94. The zero-order valence-electron chi connectivity index (χ0n) is 13.2. The second-order valence-corrected chi connectivity index (χ2v) is 5.35. The summed E-state index contributed by atoms with van der Waals surface area (Å²) in [6, 6.07) is 8.16. The maximum absolute atomic E-state index is 10.4. The minimum absolute atomic E-state index is 0.251. The summed E-state index contributed by atoms with van der Waals surface area (Å²) in [6.45, 7) is 1.95. The highest BCUT2D eigenvalue weighted by Crippen LogP contribution is 2.13. The van der Waals surface area contributed by atoms with Gasteiger partial charge < -0.3 is 10.2 Å². The maximum atomic E-state index is 10.4. The molecule has 0 aromatic heterocycles. The van der Waals surface area contributed by atoms with E-state index in [9.17, 15) is 9.90 Å². The summed E-state index contributed by atoms with van der Waals surface area (Å²) < 4.78 is 0. The van der Waals surface area contributed by atoms with Gasteiger partial charge in [0, 0.05) is 6.42 Å². The van der Waals surface area contributed by atoms with Crippen LogP contribution in [0.2, 0.25) is 0 Å². The van der Waals surface area contributed by atoms with Gasteiger partial charge in [0.1, 0.15) is 0 Å². The Morgan fingerprint density at radius 1 is 1.23 bits per heavy atom. The summed E-state index contributed by atoms with van der Waals surface area (Å²) in [6.07, 6.45) is 12.0. The van der Waals surface area contributed by atoms with Crippen LogP contribution in [0.1, 0.15) is 50.2 Å². The van der Waals surface area contributed by atoms with Crippen molar-refractivity contribution in [1.82, 2.24) is 0 Å². The number of carboxylic acids is 1. The molecule has 0 radical (unpaired) electrons. The van der Waals surface area contributed by atoms with E-state index in [0.29, 0.717) is 0 Å². The highest BCUT2D eigenvalue weighted by Gasteiger charge is 1.98. The second-order valence-electron chi connectivity index (χ2n) is 5.35. The van der Waals surface area contributed by atoms with Gasteiger partial charge in [0.15, 0.2) is 0 Å². The summed E-state index contributed by atoms with van der Waals surface area (Å²) in [5, 5.41) is 18.2. The fraction of sp³-hybridized carbons (Fsp3) is 0.421. The average molecular weight is 302 g/mol. The zero-order valence-corrected chi connectivity index (χ0v) is 13.2. The van der Waals surface area contributed by atoms with E-state index in [1.807, 2.05) is 31.2 Å². The van der Waals surface area contributed by atoms with Gasteiger partial charge in [-0.1, -0.05) is 55.5 Å². The van der Waals surface area contributed by atoms with Crippen molar-refractivity contribution in [2.75, 3.05) is 0 Å². The summed E-state index contributed by atoms with van der Waals surface area (Å²) in [7, 11) is 0. The number of carboxylic acid groups (broad SMARTS) is 1. The molecule has 0 heterocycles. The van der Waals surface area contributed by atoms with Crippen molar-refractivity contribution in [2.24, 2.45) is 0 Å². The monoisotopic (exact) mass is 302 g/mol. The molecule has 3 nitrogen and oxygen atoms in total. The predicted molar refractivity (Wildman–Crippen MR) is 90.7 cm³/mol. The van der Waals surface area contributed by atoms with Crippen molar-refractivity contribution in [3.8, 4) is 0 Å². The third-order valence-electron chi connectivity index (χ3n) is 3.49. The summed E-state index contributed by atoms with van der Waals surface area (Å²) in [5.41, 5.74) is 2.36. The number of hydrogen-bond donors (Lipinski definition) is 2. The van der Waals surface area contributed by atoms with Crippen molar-refractivity contribution in [3.05, 3.63) is 53.6 Å². The van der Waals surface area contributed by atoms with E-state index in [1.54, 1.807) is 0 Å². The first-order valence-corrected chi connectivity index (χ1v) is 7.94. The molecule has 120 valence electrons. The van der Waals surface area contributed by atoms with Crippen LogP contribution in [-0.2, 0) is 11.2 Å². The average Bonchev–Trinajstić information content (AvgIpc) is 2.52. The number of carbonyl (C=O) groups is 1. The van der Waals surface area contributed by atoms with Crippen LogP contribution in [0, 0.1) is 0 Å². The van der Waals surface area contributed by atoms with Gasteiger partial charge in [-0.2, -0.15) is 0 Å². The minimum Gasteiger partial charge on any atom is -0.481 e. The molecule has 0 amide bonds. The topological polar surface area (TPSA) is 57.5 Å². The Bertz CT molecular complexity index is 503. The van der Waals surface area contributed by atoms with Gasteiger partial charge in [0.05, 0.1) is 6.10 Å². The molecule has 0 aliphatic carbocycles. The Hall–Kier alpha value is -1.87. The van der Waals surface area contributed by atoms with Crippen LogP contribution in [0.3, 0.4) is 0 Å². The van der Waals surface area contributed by atoms with Crippen molar-refractivity contribution >= 4 is 12.0 Å². The maximum Gasteiger partial charge on any atom is 0.303 e. The van der Waals surface area contributed by atoms with Gasteiger partial charge in [-0.25, -0.2) is 0 Å². The Balaban J connectivity index is 2.45. The van der Waals surface area contributed by atoms with E-state index < -0.39 is 12.1 Å². The number of aliphatic carboxylic acids is 1. The molecule has 1 rings (SSSR count). The number of aliphatic hydroxyl groups is 1. The van der Waals surface area contributed by atoms with Gasteiger partial charge in [0.2, 0.25) is 0 Å². The number of benzene rings is 1. The third kappa shape index (κ3) is 7.79. The number of rotatable bonds is 10. The van der Waals surface area contributed by atoms with Crippen LogP contribution >= 0.6 is 0 Å². The molecule has 1 atom stereocenters. The lowest BCUT2D eigenvalue weighted by atomic mass is 10.0. The highest BCUT2D eigenvalue weighted by atomic mass is 16.4. The van der Waals surface area contributed by atoms with Gasteiger partial charge in [-0.15, -0.1) is 0 Å². The minimum atomic E-state index is -0.723. The van der Waals surface area contributed by atoms with E-state index in [0.717, 1.165) is 37.7 Å². The zero-order chi connectivity index (χ0) is 16.2.